The van der Waals surface area contributed by atoms with E-state index in [0.717, 1.165) is 0 Å². The molecule has 1 amide bonds. The molecule has 204 valence electrons. The minimum absolute atomic E-state index is 0.0423. The molecule has 0 spiro atoms. The Morgan fingerprint density at radius 3 is 2.59 bits per heavy atom. The number of nitrogens with zero attached hydrogens (tertiary/aromatic N) is 5. The van der Waals surface area contributed by atoms with Gasteiger partial charge < -0.3 is 25.3 Å². The number of anilines is 3. The number of hydrogen-bond acceptors (Lipinski definition) is 7. The average molecular weight is 556 g/mol. The summed E-state index contributed by atoms with van der Waals surface area (Å²) in [5.74, 6) is -0.771. The summed E-state index contributed by atoms with van der Waals surface area (Å²) in [7, 11) is 0. The molecule has 1 aliphatic heterocycles. The van der Waals surface area contributed by atoms with Gasteiger partial charge in [0, 0.05) is 23.8 Å². The van der Waals surface area contributed by atoms with E-state index in [-0.39, 0.29) is 46.4 Å². The van der Waals surface area contributed by atoms with E-state index in [1.54, 1.807) is 12.1 Å². The summed E-state index contributed by atoms with van der Waals surface area (Å²) < 4.78 is 37.3. The van der Waals surface area contributed by atoms with E-state index in [2.05, 4.69) is 20.3 Å². The summed E-state index contributed by atoms with van der Waals surface area (Å²) in [6.45, 7) is 8.24. The number of imidazole rings is 1. The highest BCUT2D eigenvalue weighted by Gasteiger charge is 2.27. The molecule has 1 aliphatic rings. The lowest BCUT2D eigenvalue weighted by Gasteiger charge is -2.27. The first kappa shape index (κ1) is 26.9. The lowest BCUT2D eigenvalue weighted by Crippen LogP contribution is -2.41. The van der Waals surface area contributed by atoms with Crippen LogP contribution in [-0.2, 0) is 15.1 Å². The van der Waals surface area contributed by atoms with E-state index in [1.165, 1.54) is 29.3 Å². The molecule has 5 rings (SSSR count). The Bertz CT molecular complexity index is 1580. The summed E-state index contributed by atoms with van der Waals surface area (Å²) in [5, 5.41) is 3.04. The van der Waals surface area contributed by atoms with E-state index in [9.17, 15) is 9.18 Å². The predicted octanol–water partition coefficient (Wildman–Crippen LogP) is 5.31. The molecular weight excluding hydrogens is 528 g/mol. The Hall–Kier alpha value is -3.67. The van der Waals surface area contributed by atoms with Crippen LogP contribution in [-0.4, -0.2) is 45.2 Å². The molecule has 3 heterocycles. The van der Waals surface area contributed by atoms with Crippen molar-refractivity contribution in [2.75, 3.05) is 30.0 Å². The number of ether oxygens (including phenoxy) is 1. The fourth-order valence-electron chi connectivity index (χ4n) is 4.58. The van der Waals surface area contributed by atoms with Crippen LogP contribution >= 0.6 is 11.6 Å². The molecule has 0 saturated carbocycles. The number of aromatic nitrogens is 4. The number of benzene rings is 2. The van der Waals surface area contributed by atoms with Gasteiger partial charge in [0.15, 0.2) is 5.82 Å². The number of morpholine rings is 1. The third-order valence-electron chi connectivity index (χ3n) is 6.36. The molecule has 2 aromatic carbocycles. The minimum Gasteiger partial charge on any atom is -0.370 e. The number of hydrogen-bond donors (Lipinski definition) is 2. The van der Waals surface area contributed by atoms with Crippen molar-refractivity contribution in [3.63, 3.8) is 0 Å². The Morgan fingerprint density at radius 1 is 1.15 bits per heavy atom. The molecule has 0 atom stereocenters. The van der Waals surface area contributed by atoms with Crippen LogP contribution in [0.25, 0.3) is 22.3 Å². The second kappa shape index (κ2) is 10.1. The highest BCUT2D eigenvalue weighted by molar-refractivity contribution is 6.33. The Morgan fingerprint density at radius 2 is 1.92 bits per heavy atom. The quantitative estimate of drug-likeness (QED) is 0.332. The van der Waals surface area contributed by atoms with E-state index in [1.807, 2.05) is 32.3 Å². The van der Waals surface area contributed by atoms with Gasteiger partial charge >= 0.3 is 0 Å². The van der Waals surface area contributed by atoms with E-state index >= 15 is 4.39 Å². The third kappa shape index (κ3) is 5.17. The molecule has 0 radical (unpaired) electrons. The monoisotopic (exact) mass is 555 g/mol. The molecule has 0 aliphatic carbocycles. The smallest absolute Gasteiger partial charge is 0.253 e. The van der Waals surface area contributed by atoms with Gasteiger partial charge in [0.2, 0.25) is 5.95 Å². The maximum absolute atomic E-state index is 15.3. The topological polar surface area (TPSA) is 111 Å². The number of carbonyl (C=O) groups excluding carboxylic acids is 1. The summed E-state index contributed by atoms with van der Waals surface area (Å²) in [4.78, 5) is 26.7. The minimum atomic E-state index is -0.797. The van der Waals surface area contributed by atoms with Crippen LogP contribution in [0, 0.1) is 11.6 Å². The number of halogens is 3. The number of nitrogens with one attached hydrogen (secondary N) is 1. The van der Waals surface area contributed by atoms with Crippen LogP contribution < -0.4 is 16.0 Å². The molecule has 1 fully saturated rings. The second-order valence-corrected chi connectivity index (χ2v) is 10.6. The molecule has 0 bridgehead atoms. The molecule has 12 heteroatoms. The number of fused-ring (bicyclic) bond motifs is 1. The molecule has 39 heavy (non-hydrogen) atoms. The van der Waals surface area contributed by atoms with Gasteiger partial charge in [-0.25, -0.2) is 23.7 Å². The first-order valence-corrected chi connectivity index (χ1v) is 12.8. The number of nitrogens with two attached hydrogens (primary N) is 1. The van der Waals surface area contributed by atoms with Gasteiger partial charge in [0.25, 0.3) is 5.91 Å². The summed E-state index contributed by atoms with van der Waals surface area (Å²) >= 11 is 6.43. The zero-order chi connectivity index (χ0) is 28.1. The average Bonchev–Trinajstić information content (AvgIpc) is 3.28. The van der Waals surface area contributed by atoms with Gasteiger partial charge in [-0.2, -0.15) is 0 Å². The number of carbonyl (C=O) groups is 1. The molecule has 0 unspecified atom stereocenters. The fourth-order valence-corrected chi connectivity index (χ4v) is 4.78. The zero-order valence-corrected chi connectivity index (χ0v) is 22.7. The van der Waals surface area contributed by atoms with Gasteiger partial charge in [-0.15, -0.1) is 0 Å². The van der Waals surface area contributed by atoms with E-state index in [0.29, 0.717) is 35.7 Å². The highest BCUT2D eigenvalue weighted by Crippen LogP contribution is 2.34. The molecular formula is C27H28ClF2N7O2. The van der Waals surface area contributed by atoms with Crippen LogP contribution in [0.5, 0.6) is 0 Å². The van der Waals surface area contributed by atoms with Crippen molar-refractivity contribution < 1.29 is 18.3 Å². The fraction of sp³-hybridized carbons (Fsp3) is 0.333. The third-order valence-corrected chi connectivity index (χ3v) is 6.63. The molecule has 1 saturated heterocycles. The lowest BCUT2D eigenvalue weighted by atomic mass is 10.1. The molecule has 4 aromatic rings. The Balaban J connectivity index is 1.51. The van der Waals surface area contributed by atoms with Gasteiger partial charge in [0.05, 0.1) is 40.3 Å². The van der Waals surface area contributed by atoms with Crippen molar-refractivity contribution in [3.8, 4) is 11.3 Å². The maximum Gasteiger partial charge on any atom is 0.253 e. The highest BCUT2D eigenvalue weighted by atomic mass is 35.5. The van der Waals surface area contributed by atoms with Crippen LogP contribution in [0.3, 0.4) is 0 Å². The first-order chi connectivity index (χ1) is 18.4. The van der Waals surface area contributed by atoms with E-state index < -0.39 is 17.2 Å². The summed E-state index contributed by atoms with van der Waals surface area (Å²) in [5.41, 5.74) is 7.48. The van der Waals surface area contributed by atoms with Gasteiger partial charge in [0.1, 0.15) is 23.8 Å². The standard InChI is InChI=1S/C27H28ClF2N7O2/c1-14(2)37-21-10-15(9-19(30)24(21)34-25(37)27(3,4)31)23-17(28)12-32-26(35-23)33-20-6-5-16(11-18(20)29)36-7-8-39-13-22(36)38/h5-6,9-12,14H,7-8,13,31H2,1-4H3,(H,32,33,35). The van der Waals surface area contributed by atoms with Crippen molar-refractivity contribution in [2.45, 2.75) is 39.3 Å². The SMILES string of the molecule is CC(C)n1c(C(C)(C)N)nc2c(F)cc(-c3nc(Nc4ccc(N5CCOCC5=O)cc4F)ncc3Cl)cc21. The van der Waals surface area contributed by atoms with Crippen molar-refractivity contribution >= 4 is 45.9 Å². The molecule has 2 aromatic heterocycles. The van der Waals surface area contributed by atoms with Crippen molar-refractivity contribution in [1.82, 2.24) is 19.5 Å². The Kier molecular flexibility index (Phi) is 7.00. The number of amides is 1. The van der Waals surface area contributed by atoms with E-state index in [4.69, 9.17) is 22.1 Å². The zero-order valence-electron chi connectivity index (χ0n) is 21.9. The van der Waals surface area contributed by atoms with Crippen LogP contribution in [0.15, 0.2) is 36.5 Å². The van der Waals surface area contributed by atoms with Crippen molar-refractivity contribution in [1.29, 1.82) is 0 Å². The normalized spacial score (nSPS) is 14.5. The van der Waals surface area contributed by atoms with Crippen molar-refractivity contribution in [2.24, 2.45) is 5.73 Å². The van der Waals surface area contributed by atoms with Crippen LogP contribution in [0.1, 0.15) is 39.6 Å². The Labute approximate surface area is 229 Å². The summed E-state index contributed by atoms with van der Waals surface area (Å²) in [6.07, 6.45) is 1.36. The van der Waals surface area contributed by atoms with Gasteiger partial charge in [-0.1, -0.05) is 11.6 Å². The van der Waals surface area contributed by atoms with Gasteiger partial charge in [-0.05, 0) is 58.0 Å². The molecule has 9 nitrogen and oxygen atoms in total. The predicted molar refractivity (Wildman–Crippen MR) is 146 cm³/mol. The molecule has 3 N–H and O–H groups in total. The van der Waals surface area contributed by atoms with Crippen LogP contribution in [0.2, 0.25) is 5.02 Å². The largest absolute Gasteiger partial charge is 0.370 e. The summed E-state index contributed by atoms with van der Waals surface area (Å²) in [6, 6.07) is 7.40. The van der Waals surface area contributed by atoms with Crippen molar-refractivity contribution in [3.05, 3.63) is 59.0 Å². The first-order valence-electron chi connectivity index (χ1n) is 12.4. The van der Waals surface area contributed by atoms with Gasteiger partial charge in [-0.3, -0.25) is 4.79 Å². The second-order valence-electron chi connectivity index (χ2n) is 10.2. The van der Waals surface area contributed by atoms with Crippen LogP contribution in [0.4, 0.5) is 26.1 Å². The maximum atomic E-state index is 15.3. The number of rotatable bonds is 6. The lowest BCUT2D eigenvalue weighted by molar-refractivity contribution is -0.125.